The molecule has 0 aliphatic carbocycles. The lowest BCUT2D eigenvalue weighted by Crippen LogP contribution is -2.41. The van der Waals surface area contributed by atoms with Gasteiger partial charge in [0, 0.05) is 125 Å². The van der Waals surface area contributed by atoms with Crippen molar-refractivity contribution >= 4 is 129 Å². The molecule has 0 saturated carbocycles. The summed E-state index contributed by atoms with van der Waals surface area (Å²) < 4.78 is 54.6. The normalized spacial score (nSPS) is 13.6. The van der Waals surface area contributed by atoms with E-state index in [1.807, 2.05) is 81.8 Å². The first-order valence-electron chi connectivity index (χ1n) is 33.2. The van der Waals surface area contributed by atoms with Crippen molar-refractivity contribution in [2.75, 3.05) is 75.1 Å². The van der Waals surface area contributed by atoms with Gasteiger partial charge in [-0.3, -0.25) is 15.0 Å². The Hall–Kier alpha value is -9.62. The van der Waals surface area contributed by atoms with Crippen LogP contribution in [0.4, 0.5) is 46.0 Å². The first kappa shape index (κ1) is 84.6. The van der Waals surface area contributed by atoms with Gasteiger partial charge in [-0.15, -0.1) is 0 Å². The fourth-order valence-corrected chi connectivity index (χ4v) is 14.2. The van der Waals surface area contributed by atoms with Crippen LogP contribution in [0.25, 0.3) is 75.8 Å². The third-order valence-electron chi connectivity index (χ3n) is 18.4. The number of hydrogen-bond donors (Lipinski definition) is 8. The van der Waals surface area contributed by atoms with E-state index in [1.54, 1.807) is 67.1 Å². The highest BCUT2D eigenvalue weighted by Crippen LogP contribution is 2.45. The molecule has 11 aromatic rings. The van der Waals surface area contributed by atoms with E-state index in [-0.39, 0.29) is 61.9 Å². The van der Waals surface area contributed by atoms with E-state index in [0.29, 0.717) is 55.9 Å². The molecule has 3 saturated heterocycles. The summed E-state index contributed by atoms with van der Waals surface area (Å²) >= 11 is 19.6. The van der Waals surface area contributed by atoms with Crippen LogP contribution >= 0.6 is 55.1 Å². The average Bonchev–Trinajstić information content (AvgIpc) is 0.766. The number of aromatic nitrogens is 3. The molecule has 0 radical (unpaired) electrons. The van der Waals surface area contributed by atoms with E-state index >= 15 is 0 Å². The molecular weight excluding hydrogens is 1540 g/mol. The predicted molar refractivity (Wildman–Crippen MR) is 435 cm³/mol. The van der Waals surface area contributed by atoms with E-state index < -0.39 is 30.4 Å². The highest BCUT2D eigenvalue weighted by Gasteiger charge is 2.27. The number of phenols is 3. The van der Waals surface area contributed by atoms with Crippen LogP contribution in [-0.4, -0.2) is 126 Å². The lowest BCUT2D eigenvalue weighted by Gasteiger charge is -2.35. The van der Waals surface area contributed by atoms with Crippen LogP contribution < -0.4 is 36.1 Å². The molecular formula is C81H83BBr2Cl2F4N12O5. The number of aromatic hydroxyl groups is 3. The zero-order valence-electron chi connectivity index (χ0n) is 56.7. The second-order valence-corrected chi connectivity index (χ2v) is 27.3. The van der Waals surface area contributed by atoms with Gasteiger partial charge in [0.05, 0.1) is 66.8 Å². The van der Waals surface area contributed by atoms with Gasteiger partial charge in [0.15, 0.2) is 0 Å². The first-order chi connectivity index (χ1) is 50.1. The fourth-order valence-electron chi connectivity index (χ4n) is 12.9. The lowest BCUT2D eigenvalue weighted by atomic mass is 9.80. The number of nitrogens with zero attached hydrogens (tertiary/aromatic N) is 9. The van der Waals surface area contributed by atoms with Crippen LogP contribution in [0.2, 0.25) is 10.0 Å². The van der Waals surface area contributed by atoms with Gasteiger partial charge < -0.3 is 56.0 Å². The van der Waals surface area contributed by atoms with E-state index in [0.717, 1.165) is 166 Å². The molecule has 3 aliphatic rings. The molecule has 0 spiro atoms. The van der Waals surface area contributed by atoms with Gasteiger partial charge in [0.25, 0.3) is 0 Å². The Bertz CT molecular complexity index is 5010. The minimum atomic E-state index is -1.83. The number of nitrogens with one attached hydrogen (secondary N) is 3. The second-order valence-electron chi connectivity index (χ2n) is 24.8. The van der Waals surface area contributed by atoms with Crippen molar-refractivity contribution in [2.45, 2.75) is 78.9 Å². The summed E-state index contributed by atoms with van der Waals surface area (Å²) in [6, 6.07) is 42.2. The fraction of sp³-hybridized carbons (Fsp3) is 0.259. The number of hydrogen-bond acceptors (Lipinski definition) is 15. The Kier molecular flexibility index (Phi) is 31.1. The highest BCUT2D eigenvalue weighted by atomic mass is 79.9. The number of para-hydroxylation sites is 3. The largest absolute Gasteiger partial charge is 0.518 e. The quantitative estimate of drug-likeness (QED) is 0.0363. The lowest BCUT2D eigenvalue weighted by molar-refractivity contribution is 0.425. The van der Waals surface area contributed by atoms with Gasteiger partial charge >= 0.3 is 7.12 Å². The summed E-state index contributed by atoms with van der Waals surface area (Å²) in [5.41, 5.74) is 9.89. The molecule has 3 aliphatic heterocycles. The Labute approximate surface area is 649 Å². The van der Waals surface area contributed by atoms with Crippen molar-refractivity contribution in [1.29, 1.82) is 5.26 Å². The Morgan fingerprint density at radius 1 is 0.486 bits per heavy atom. The zero-order valence-corrected chi connectivity index (χ0v) is 61.4. The third kappa shape index (κ3) is 20.6. The monoisotopic (exact) mass is 1620 g/mol. The van der Waals surface area contributed by atoms with Crippen LogP contribution in [0.3, 0.4) is 0 Å². The summed E-state index contributed by atoms with van der Waals surface area (Å²) in [5, 5.41) is 70.0. The molecule has 3 aromatic heterocycles. The molecule has 6 heterocycles. The number of piperidine rings is 3. The minimum Gasteiger partial charge on any atom is -0.518 e. The third-order valence-corrected chi connectivity index (χ3v) is 20.1. The molecule has 0 atom stereocenters. The maximum absolute atomic E-state index is 14.2. The predicted octanol–water partition coefficient (Wildman–Crippen LogP) is 18.7. The van der Waals surface area contributed by atoms with Gasteiger partial charge in [0.1, 0.15) is 46.6 Å². The molecule has 0 unspecified atom stereocenters. The van der Waals surface area contributed by atoms with Crippen LogP contribution in [-0.2, 0) is 0 Å². The van der Waals surface area contributed by atoms with Crippen LogP contribution in [0.15, 0.2) is 173 Å². The van der Waals surface area contributed by atoms with Crippen molar-refractivity contribution < 1.29 is 42.9 Å². The molecule has 0 bridgehead atoms. The van der Waals surface area contributed by atoms with Crippen molar-refractivity contribution in [3.63, 3.8) is 0 Å². The topological polar surface area (TPSA) is 218 Å². The van der Waals surface area contributed by atoms with Gasteiger partial charge in [0.2, 0.25) is 11.4 Å². The van der Waals surface area contributed by atoms with Crippen molar-refractivity contribution in [3.05, 3.63) is 235 Å². The summed E-state index contributed by atoms with van der Waals surface area (Å²) in [7, 11) is 4.16. The number of benzene rings is 8. The molecule has 107 heavy (non-hydrogen) atoms. The molecule has 8 N–H and O–H groups in total. The standard InChI is InChI=1S/C28H24F2N4O.C22H21ClN4O.C15H17BrClN3.C7H4BrNO.C6H5BF2O2.3CH4/c1-31-21-8-10-34(11-9-21)27-23-14-17(22-4-3-5-26(32-2)28(22)35)6-7-25(23)33-16-24(27)18-12-19(29)15-20(30)13-18;1-24-15-8-10-27(11-9-15)21-17-12-14(6-7-19(17)26-13-18(21)23)16-4-3-5-20(25-2)22(16)28;1-18-11-4-6-20(7-5-11)15-12-8-10(16)2-3-14(12)19-9-13(15)17;8-6-3-1-2-5(4-9)7(6)10;8-5-1-4(7(10)11)2-6(9)3-5;;;/h3-7,12-16,21,31,35H,8-11H2,1H3;3-7,12-13,15,24,28H,8-11H2,1H3;2-3,8-9,11,18H,4-7H2,1H3;1-3,10H;1-3,10-11H;3*1H4. The molecule has 26 heteroatoms. The minimum absolute atomic E-state index is 0. The van der Waals surface area contributed by atoms with Gasteiger partial charge in [-0.05, 0) is 177 Å². The highest BCUT2D eigenvalue weighted by molar-refractivity contribution is 9.10. The second kappa shape index (κ2) is 39.3. The van der Waals surface area contributed by atoms with Gasteiger partial charge in [-0.25, -0.2) is 27.3 Å². The van der Waals surface area contributed by atoms with E-state index in [1.165, 1.54) is 12.1 Å². The van der Waals surface area contributed by atoms with Crippen LogP contribution in [0.5, 0.6) is 17.2 Å². The number of fused-ring (bicyclic) bond motifs is 3. The van der Waals surface area contributed by atoms with Crippen molar-refractivity contribution in [2.24, 2.45) is 0 Å². The smallest absolute Gasteiger partial charge is 0.488 e. The molecule has 17 nitrogen and oxygen atoms in total. The number of pyridine rings is 3. The summed E-state index contributed by atoms with van der Waals surface area (Å²) in [5.74, 6) is -3.01. The molecule has 8 aromatic carbocycles. The van der Waals surface area contributed by atoms with Crippen molar-refractivity contribution in [3.8, 4) is 56.7 Å². The van der Waals surface area contributed by atoms with Crippen LogP contribution in [0, 0.1) is 47.7 Å². The van der Waals surface area contributed by atoms with Crippen LogP contribution in [0.1, 0.15) is 66.4 Å². The maximum atomic E-state index is 14.2. The molecule has 0 amide bonds. The van der Waals surface area contributed by atoms with Crippen molar-refractivity contribution in [1.82, 2.24) is 30.9 Å². The summed E-state index contributed by atoms with van der Waals surface area (Å²) in [6.07, 6.45) is 11.4. The Morgan fingerprint density at radius 2 is 0.869 bits per heavy atom. The summed E-state index contributed by atoms with van der Waals surface area (Å²) in [4.78, 5) is 27.2. The van der Waals surface area contributed by atoms with Gasteiger partial charge in [-0.2, -0.15) is 5.26 Å². The van der Waals surface area contributed by atoms with E-state index in [2.05, 4.69) is 93.2 Å². The first-order valence-corrected chi connectivity index (χ1v) is 35.6. The van der Waals surface area contributed by atoms with E-state index in [9.17, 15) is 27.8 Å². The zero-order chi connectivity index (χ0) is 74.3. The SMILES string of the molecule is C.C.C.CNC1CCN(c2c(Cl)cnc3ccc(Br)cc23)CC1.N#Cc1cccc(Br)c1O.OB(O)c1cc(F)cc(F)c1.[C-]#[N+]c1cccc(-c2ccc3ncc(-c4cc(F)cc(F)c4)c(N4CCC(NC)CC4)c3c2)c1O.[C-]#[N+]c1cccc(-c2ccc3ncc(Cl)c(N4CCC(NC)CC4)c3c2)c1O. The van der Waals surface area contributed by atoms with Gasteiger partial charge in [-0.1, -0.05) is 116 Å². The molecule has 3 fully saturated rings. The average molecular weight is 1620 g/mol. The Morgan fingerprint density at radius 3 is 1.27 bits per heavy atom. The number of anilines is 3. The number of rotatable bonds is 10. The Balaban J connectivity index is 0.000000198. The molecule has 14 rings (SSSR count). The molecule has 556 valence electrons. The summed E-state index contributed by atoms with van der Waals surface area (Å²) in [6.45, 7) is 20.0. The van der Waals surface area contributed by atoms with E-state index in [4.69, 9.17) is 56.8 Å². The number of nitriles is 1. The maximum Gasteiger partial charge on any atom is 0.488 e. The number of halogens is 8. The number of phenolic OH excluding ortho intramolecular Hbond substituents is 3.